The lowest BCUT2D eigenvalue weighted by atomic mass is 10.2. The zero-order chi connectivity index (χ0) is 17.9. The number of thiazole rings is 1. The lowest BCUT2D eigenvalue weighted by molar-refractivity contribution is 0.418. The first-order valence-corrected chi connectivity index (χ1v) is 9.85. The van der Waals surface area contributed by atoms with Crippen molar-refractivity contribution in [2.75, 3.05) is 0 Å². The van der Waals surface area contributed by atoms with E-state index in [4.69, 9.17) is 20.5 Å². The summed E-state index contributed by atoms with van der Waals surface area (Å²) in [6.45, 7) is 1.96. The van der Waals surface area contributed by atoms with Crippen LogP contribution in [0.4, 0.5) is 0 Å². The van der Waals surface area contributed by atoms with Crippen molar-refractivity contribution >= 4 is 34.7 Å². The van der Waals surface area contributed by atoms with E-state index in [0.29, 0.717) is 45.6 Å². The van der Waals surface area contributed by atoms with Gasteiger partial charge in [0.25, 0.3) is 11.1 Å². The topological polar surface area (TPSA) is 90.7 Å². The fraction of sp³-hybridized carbons (Fsp3) is 0.188. The standard InChI is InChI=1S/C16H12ClN5O2S2/c1-9-18-10(7-25-9)6-14-20-21-16(23-14)26-8-13-19-15(24-22-13)11-4-2-3-5-12(11)17/h2-5,7H,6,8H2,1H3. The maximum atomic E-state index is 6.14. The molecule has 0 bridgehead atoms. The predicted molar refractivity (Wildman–Crippen MR) is 98.3 cm³/mol. The normalized spacial score (nSPS) is 11.2. The van der Waals surface area contributed by atoms with Crippen molar-refractivity contribution in [1.29, 1.82) is 0 Å². The van der Waals surface area contributed by atoms with Gasteiger partial charge in [-0.15, -0.1) is 21.5 Å². The van der Waals surface area contributed by atoms with Gasteiger partial charge in [0.15, 0.2) is 5.82 Å². The monoisotopic (exact) mass is 405 g/mol. The fourth-order valence-electron chi connectivity index (χ4n) is 2.20. The summed E-state index contributed by atoms with van der Waals surface area (Å²) in [6.07, 6.45) is 0.525. The lowest BCUT2D eigenvalue weighted by Gasteiger charge is -1.95. The summed E-state index contributed by atoms with van der Waals surface area (Å²) in [5.41, 5.74) is 1.63. The molecule has 0 saturated carbocycles. The Morgan fingerprint density at radius 1 is 1.19 bits per heavy atom. The fourth-order valence-corrected chi connectivity index (χ4v) is 3.65. The Balaban J connectivity index is 1.38. The summed E-state index contributed by atoms with van der Waals surface area (Å²) in [6, 6.07) is 7.32. The van der Waals surface area contributed by atoms with Crippen LogP contribution in [0.3, 0.4) is 0 Å². The highest BCUT2D eigenvalue weighted by Gasteiger charge is 2.14. The third-order valence-electron chi connectivity index (χ3n) is 3.34. The van der Waals surface area contributed by atoms with E-state index in [-0.39, 0.29) is 0 Å². The van der Waals surface area contributed by atoms with E-state index >= 15 is 0 Å². The van der Waals surface area contributed by atoms with E-state index in [9.17, 15) is 0 Å². The Hall–Kier alpha value is -2.23. The molecule has 0 amide bonds. The van der Waals surface area contributed by atoms with Crippen LogP contribution in [-0.4, -0.2) is 25.3 Å². The molecule has 0 radical (unpaired) electrons. The van der Waals surface area contributed by atoms with Crippen LogP contribution in [0.15, 0.2) is 43.8 Å². The third-order valence-corrected chi connectivity index (χ3v) is 5.31. The molecule has 132 valence electrons. The second-order valence-electron chi connectivity index (χ2n) is 5.28. The summed E-state index contributed by atoms with van der Waals surface area (Å²) in [5.74, 6) is 1.89. The SMILES string of the molecule is Cc1nc(Cc2nnc(SCc3noc(-c4ccccc4Cl)n3)o2)cs1. The average molecular weight is 406 g/mol. The van der Waals surface area contributed by atoms with E-state index in [2.05, 4.69) is 25.3 Å². The van der Waals surface area contributed by atoms with Gasteiger partial charge in [0.2, 0.25) is 5.89 Å². The van der Waals surface area contributed by atoms with Gasteiger partial charge in [-0.2, -0.15) is 4.98 Å². The van der Waals surface area contributed by atoms with Crippen LogP contribution in [0.2, 0.25) is 5.02 Å². The zero-order valence-electron chi connectivity index (χ0n) is 13.5. The van der Waals surface area contributed by atoms with E-state index in [1.807, 2.05) is 30.5 Å². The molecule has 0 saturated heterocycles. The molecule has 0 aliphatic rings. The Labute approximate surface area is 161 Å². The van der Waals surface area contributed by atoms with Crippen LogP contribution in [0, 0.1) is 6.92 Å². The van der Waals surface area contributed by atoms with Gasteiger partial charge in [0.1, 0.15) is 0 Å². The number of aromatic nitrogens is 5. The quantitative estimate of drug-likeness (QED) is 0.435. The van der Waals surface area contributed by atoms with E-state index in [1.54, 1.807) is 17.4 Å². The summed E-state index contributed by atoms with van der Waals surface area (Å²) in [5, 5.41) is 16.1. The van der Waals surface area contributed by atoms with Crippen molar-refractivity contribution in [3.05, 3.63) is 57.1 Å². The second-order valence-corrected chi connectivity index (χ2v) is 7.68. The number of benzene rings is 1. The highest BCUT2D eigenvalue weighted by molar-refractivity contribution is 7.98. The molecule has 0 aliphatic carbocycles. The van der Waals surface area contributed by atoms with Crippen molar-refractivity contribution in [3.63, 3.8) is 0 Å². The molecule has 1 aromatic carbocycles. The molecule has 0 N–H and O–H groups in total. The molecule has 0 aliphatic heterocycles. The van der Waals surface area contributed by atoms with E-state index in [0.717, 1.165) is 10.7 Å². The van der Waals surface area contributed by atoms with Gasteiger partial charge in [-0.1, -0.05) is 40.7 Å². The molecular formula is C16H12ClN5O2S2. The highest BCUT2D eigenvalue weighted by atomic mass is 35.5. The molecule has 7 nitrogen and oxygen atoms in total. The molecular weight excluding hydrogens is 394 g/mol. The van der Waals surface area contributed by atoms with Gasteiger partial charge in [0.05, 0.1) is 33.5 Å². The number of halogens is 1. The average Bonchev–Trinajstić information content (AvgIpc) is 3.36. The van der Waals surface area contributed by atoms with Crippen LogP contribution in [-0.2, 0) is 12.2 Å². The van der Waals surface area contributed by atoms with Crippen molar-refractivity contribution in [2.45, 2.75) is 24.3 Å². The number of thioether (sulfide) groups is 1. The Morgan fingerprint density at radius 2 is 2.08 bits per heavy atom. The molecule has 0 atom stereocenters. The van der Waals surface area contributed by atoms with Crippen molar-refractivity contribution in [1.82, 2.24) is 25.3 Å². The summed E-state index contributed by atoms with van der Waals surface area (Å²) in [7, 11) is 0. The van der Waals surface area contributed by atoms with Gasteiger partial charge in [-0.25, -0.2) is 4.98 Å². The van der Waals surface area contributed by atoms with Gasteiger partial charge in [-0.3, -0.25) is 0 Å². The maximum Gasteiger partial charge on any atom is 0.277 e. The number of hydrogen-bond donors (Lipinski definition) is 0. The molecule has 10 heteroatoms. The Bertz CT molecular complexity index is 1030. The van der Waals surface area contributed by atoms with Crippen LogP contribution in [0.1, 0.15) is 22.4 Å². The van der Waals surface area contributed by atoms with Crippen LogP contribution >= 0.6 is 34.7 Å². The van der Waals surface area contributed by atoms with Crippen LogP contribution in [0.25, 0.3) is 11.5 Å². The molecule has 0 spiro atoms. The highest BCUT2D eigenvalue weighted by Crippen LogP contribution is 2.27. The van der Waals surface area contributed by atoms with Crippen molar-refractivity contribution in [2.24, 2.45) is 0 Å². The van der Waals surface area contributed by atoms with Gasteiger partial charge in [-0.05, 0) is 19.1 Å². The van der Waals surface area contributed by atoms with Crippen LogP contribution < -0.4 is 0 Å². The largest absolute Gasteiger partial charge is 0.416 e. The van der Waals surface area contributed by atoms with Crippen molar-refractivity contribution in [3.8, 4) is 11.5 Å². The second kappa shape index (κ2) is 7.56. The zero-order valence-corrected chi connectivity index (χ0v) is 15.9. The summed E-state index contributed by atoms with van der Waals surface area (Å²) >= 11 is 9.08. The van der Waals surface area contributed by atoms with E-state index < -0.39 is 0 Å². The van der Waals surface area contributed by atoms with Gasteiger partial charge >= 0.3 is 0 Å². The molecule has 0 unspecified atom stereocenters. The number of nitrogens with zero attached hydrogens (tertiary/aromatic N) is 5. The van der Waals surface area contributed by atoms with Gasteiger partial charge < -0.3 is 8.94 Å². The number of aryl methyl sites for hydroxylation is 1. The first-order valence-electron chi connectivity index (χ1n) is 7.61. The van der Waals surface area contributed by atoms with Crippen LogP contribution in [0.5, 0.6) is 0 Å². The molecule has 4 rings (SSSR count). The minimum Gasteiger partial charge on any atom is -0.416 e. The summed E-state index contributed by atoms with van der Waals surface area (Å²) < 4.78 is 10.9. The predicted octanol–water partition coefficient (Wildman–Crippen LogP) is 4.42. The smallest absolute Gasteiger partial charge is 0.277 e. The third kappa shape index (κ3) is 3.95. The number of rotatable bonds is 6. The number of hydrogen-bond acceptors (Lipinski definition) is 9. The minimum absolute atomic E-state index is 0.385. The maximum absolute atomic E-state index is 6.14. The molecule has 4 aromatic rings. The first kappa shape index (κ1) is 17.2. The molecule has 3 aromatic heterocycles. The van der Waals surface area contributed by atoms with Crippen molar-refractivity contribution < 1.29 is 8.94 Å². The first-order chi connectivity index (χ1) is 12.7. The van der Waals surface area contributed by atoms with E-state index in [1.165, 1.54) is 11.8 Å². The lowest BCUT2D eigenvalue weighted by Crippen LogP contribution is -1.88. The molecule has 0 fully saturated rings. The Kier molecular flexibility index (Phi) is 5.00. The Morgan fingerprint density at radius 3 is 2.88 bits per heavy atom. The summed E-state index contributed by atoms with van der Waals surface area (Å²) in [4.78, 5) is 8.74. The molecule has 26 heavy (non-hydrogen) atoms. The minimum atomic E-state index is 0.385. The van der Waals surface area contributed by atoms with Gasteiger partial charge in [0, 0.05) is 5.38 Å². The molecule has 3 heterocycles.